The van der Waals surface area contributed by atoms with Crippen LogP contribution in [0.1, 0.15) is 53.4 Å². The van der Waals surface area contributed by atoms with Gasteiger partial charge in [-0.1, -0.05) is 16.8 Å². The number of amides is 1. The second-order valence-corrected chi connectivity index (χ2v) is 9.67. The predicted octanol–water partition coefficient (Wildman–Crippen LogP) is 3.60. The van der Waals surface area contributed by atoms with E-state index in [0.717, 1.165) is 30.8 Å². The van der Waals surface area contributed by atoms with E-state index in [-0.39, 0.29) is 35.9 Å². The number of piperidine rings is 1. The van der Waals surface area contributed by atoms with Crippen molar-refractivity contribution >= 4 is 34.8 Å². The van der Waals surface area contributed by atoms with Crippen LogP contribution in [0, 0.1) is 0 Å². The van der Waals surface area contributed by atoms with E-state index >= 15 is 0 Å². The molecule has 0 aromatic carbocycles. The molecule has 2 N–H and O–H groups in total. The van der Waals surface area contributed by atoms with Gasteiger partial charge in [-0.15, -0.1) is 11.3 Å². The molecule has 1 aliphatic heterocycles. The number of carboxylic acid groups (broad SMARTS) is 1. The lowest BCUT2D eigenvalue weighted by Crippen LogP contribution is -2.49. The van der Waals surface area contributed by atoms with E-state index in [1.807, 2.05) is 24.8 Å². The number of carbonyl (C=O) groups is 2. The maximum atomic E-state index is 13.3. The van der Waals surface area contributed by atoms with E-state index in [0.29, 0.717) is 15.8 Å². The molecular formula is C21H24ClN5O4S. The van der Waals surface area contributed by atoms with E-state index in [2.05, 4.69) is 15.6 Å². The first kappa shape index (κ1) is 22.5. The fraction of sp³-hybridized carbons (Fsp3) is 0.429. The van der Waals surface area contributed by atoms with Crippen LogP contribution in [0.4, 0.5) is 0 Å². The summed E-state index contributed by atoms with van der Waals surface area (Å²) < 4.78 is 7.28. The summed E-state index contributed by atoms with van der Waals surface area (Å²) in [5.41, 5.74) is 0.530. The lowest BCUT2D eigenvalue weighted by Gasteiger charge is -2.37. The Kier molecular flexibility index (Phi) is 6.63. The van der Waals surface area contributed by atoms with Crippen LogP contribution >= 0.6 is 22.9 Å². The van der Waals surface area contributed by atoms with Crippen molar-refractivity contribution < 1.29 is 19.2 Å². The van der Waals surface area contributed by atoms with Gasteiger partial charge >= 0.3 is 5.97 Å². The number of rotatable bonds is 7. The molecular weight excluding hydrogens is 454 g/mol. The monoisotopic (exact) mass is 477 g/mol. The average Bonchev–Trinajstić information content (AvgIpc) is 3.48. The Morgan fingerprint density at radius 1 is 1.34 bits per heavy atom. The summed E-state index contributed by atoms with van der Waals surface area (Å²) in [6.45, 7) is 5.68. The average molecular weight is 478 g/mol. The lowest BCUT2D eigenvalue weighted by molar-refractivity contribution is 0.0558. The fourth-order valence-corrected chi connectivity index (χ4v) is 4.95. The first-order valence-corrected chi connectivity index (χ1v) is 11.6. The van der Waals surface area contributed by atoms with Crippen molar-refractivity contribution in [3.05, 3.63) is 45.7 Å². The lowest BCUT2D eigenvalue weighted by atomic mass is 10.0. The molecule has 0 aliphatic carbocycles. The summed E-state index contributed by atoms with van der Waals surface area (Å²) >= 11 is 7.33. The van der Waals surface area contributed by atoms with Crippen molar-refractivity contribution in [3.63, 3.8) is 0 Å². The van der Waals surface area contributed by atoms with E-state index in [1.54, 1.807) is 12.1 Å². The van der Waals surface area contributed by atoms with E-state index in [4.69, 9.17) is 16.1 Å². The molecule has 4 heterocycles. The van der Waals surface area contributed by atoms with E-state index in [9.17, 15) is 14.7 Å². The summed E-state index contributed by atoms with van der Waals surface area (Å²) in [6, 6.07) is 6.71. The van der Waals surface area contributed by atoms with Crippen molar-refractivity contribution in [3.8, 4) is 10.6 Å². The third-order valence-corrected chi connectivity index (χ3v) is 6.64. The molecule has 11 heteroatoms. The number of aromatic nitrogens is 3. The highest BCUT2D eigenvalue weighted by molar-refractivity contribution is 7.19. The summed E-state index contributed by atoms with van der Waals surface area (Å²) in [6.07, 6.45) is 1.70. The van der Waals surface area contributed by atoms with E-state index in [1.165, 1.54) is 22.1 Å². The maximum absolute atomic E-state index is 13.3. The highest BCUT2D eigenvalue weighted by atomic mass is 35.5. The number of nitrogens with zero attached hydrogens (tertiary/aromatic N) is 4. The van der Waals surface area contributed by atoms with Gasteiger partial charge in [-0.2, -0.15) is 5.10 Å². The number of hydrogen-bond acceptors (Lipinski definition) is 7. The minimum absolute atomic E-state index is 0.0280. The molecule has 0 unspecified atom stereocenters. The third kappa shape index (κ3) is 4.72. The van der Waals surface area contributed by atoms with Gasteiger partial charge in [-0.05, 0) is 51.9 Å². The normalized spacial score (nSPS) is 14.8. The molecule has 1 saturated heterocycles. The molecule has 1 fully saturated rings. The van der Waals surface area contributed by atoms with Gasteiger partial charge in [0.25, 0.3) is 5.91 Å². The summed E-state index contributed by atoms with van der Waals surface area (Å²) in [7, 11) is 0. The van der Waals surface area contributed by atoms with Gasteiger partial charge in [0, 0.05) is 24.2 Å². The van der Waals surface area contributed by atoms with Crippen LogP contribution in [-0.4, -0.2) is 62.0 Å². The molecule has 170 valence electrons. The first-order valence-electron chi connectivity index (χ1n) is 10.4. The number of carboxylic acids is 1. The molecule has 1 amide bonds. The number of halogens is 1. The Hall–Kier alpha value is -2.69. The van der Waals surface area contributed by atoms with Gasteiger partial charge in [-0.3, -0.25) is 9.48 Å². The Balaban J connectivity index is 1.59. The number of carbonyl (C=O) groups excluding carboxylic acids is 1. The van der Waals surface area contributed by atoms with Gasteiger partial charge in [0.2, 0.25) is 0 Å². The van der Waals surface area contributed by atoms with Crippen LogP contribution in [-0.2, 0) is 6.54 Å². The van der Waals surface area contributed by atoms with Crippen molar-refractivity contribution in [1.82, 2.24) is 25.2 Å². The van der Waals surface area contributed by atoms with Gasteiger partial charge in [0.1, 0.15) is 11.4 Å². The minimum atomic E-state index is -1.16. The third-order valence-electron chi connectivity index (χ3n) is 5.40. The molecule has 0 radical (unpaired) electrons. The highest BCUT2D eigenvalue weighted by Crippen LogP contribution is 2.31. The Labute approximate surface area is 193 Å². The Bertz CT molecular complexity index is 1120. The minimum Gasteiger partial charge on any atom is -0.477 e. The topological polar surface area (TPSA) is 113 Å². The molecule has 3 aromatic heterocycles. The zero-order valence-electron chi connectivity index (χ0n) is 17.7. The van der Waals surface area contributed by atoms with Crippen molar-refractivity contribution in [2.75, 3.05) is 13.1 Å². The van der Waals surface area contributed by atoms with Crippen LogP contribution in [0.15, 0.2) is 28.8 Å². The highest BCUT2D eigenvalue weighted by Gasteiger charge is 2.31. The number of thiophene rings is 1. The predicted molar refractivity (Wildman–Crippen MR) is 120 cm³/mol. The van der Waals surface area contributed by atoms with Gasteiger partial charge in [-0.25, -0.2) is 4.79 Å². The Morgan fingerprint density at radius 2 is 2.09 bits per heavy atom. The summed E-state index contributed by atoms with van der Waals surface area (Å²) in [5.74, 6) is -0.889. The number of hydrogen-bond donors (Lipinski definition) is 2. The van der Waals surface area contributed by atoms with Crippen molar-refractivity contribution in [2.24, 2.45) is 0 Å². The molecule has 4 rings (SSSR count). The van der Waals surface area contributed by atoms with Crippen LogP contribution in [0.2, 0.25) is 4.34 Å². The first-order chi connectivity index (χ1) is 15.3. The quantitative estimate of drug-likeness (QED) is 0.534. The largest absolute Gasteiger partial charge is 0.477 e. The second kappa shape index (κ2) is 9.43. The fourth-order valence-electron chi connectivity index (χ4n) is 3.96. The number of aromatic carboxylic acids is 1. The molecule has 9 nitrogen and oxygen atoms in total. The van der Waals surface area contributed by atoms with Crippen molar-refractivity contribution in [1.29, 1.82) is 0 Å². The second-order valence-electron chi connectivity index (χ2n) is 7.95. The summed E-state index contributed by atoms with van der Waals surface area (Å²) in [5, 5.41) is 21.3. The molecule has 0 atom stereocenters. The molecule has 0 bridgehead atoms. The molecule has 1 aliphatic rings. The van der Waals surface area contributed by atoms with Gasteiger partial charge in [0.05, 0.1) is 15.8 Å². The zero-order chi connectivity index (χ0) is 22.8. The number of nitrogens with one attached hydrogen (secondary N) is 1. The van der Waals surface area contributed by atoms with Crippen LogP contribution in [0.3, 0.4) is 0 Å². The smallest absolute Gasteiger partial charge is 0.354 e. The maximum Gasteiger partial charge on any atom is 0.354 e. The van der Waals surface area contributed by atoms with Crippen molar-refractivity contribution in [2.45, 2.75) is 45.3 Å². The van der Waals surface area contributed by atoms with Gasteiger partial charge < -0.3 is 19.8 Å². The SMILES string of the molecule is CC(C)N(C(=O)c1cc(C(=O)O)n(Cc2cc(-c3ccc(Cl)s3)on2)n1)C1CCNCC1. The molecule has 0 saturated carbocycles. The van der Waals surface area contributed by atoms with Crippen LogP contribution in [0.25, 0.3) is 10.6 Å². The van der Waals surface area contributed by atoms with Gasteiger partial charge in [0.15, 0.2) is 11.5 Å². The Morgan fingerprint density at radius 3 is 2.72 bits per heavy atom. The molecule has 0 spiro atoms. The van der Waals surface area contributed by atoms with Crippen LogP contribution < -0.4 is 5.32 Å². The molecule has 32 heavy (non-hydrogen) atoms. The summed E-state index contributed by atoms with van der Waals surface area (Å²) in [4.78, 5) is 27.8. The molecule has 3 aromatic rings. The van der Waals surface area contributed by atoms with Crippen LogP contribution in [0.5, 0.6) is 0 Å². The standard InChI is InChI=1S/C21H24ClN5O4S/c1-12(2)27(14-5-7-23-8-6-14)20(28)15-10-16(21(29)30)26(24-15)11-13-9-17(31-25-13)18-3-4-19(22)32-18/h3-4,9-10,12,14,23H,5-8,11H2,1-2H3,(H,29,30). The zero-order valence-corrected chi connectivity index (χ0v) is 19.3. The van der Waals surface area contributed by atoms with E-state index < -0.39 is 5.97 Å².